The van der Waals surface area contributed by atoms with Crippen LogP contribution in [0, 0.1) is 11.6 Å². The van der Waals surface area contributed by atoms with E-state index in [-0.39, 0.29) is 11.6 Å². The zero-order valence-electron chi connectivity index (χ0n) is 15.8. The quantitative estimate of drug-likeness (QED) is 0.317. The first-order valence-electron chi connectivity index (χ1n) is 8.09. The largest absolute Gasteiger partial charge is 0.355 e. The molecule has 0 spiro atoms. The average molecular weight is 482 g/mol. The molecule has 0 aliphatic heterocycles. The number of hydrogen-bond donors (Lipinski definition) is 4. The molecular formula is C17H20F2N2O8S2. The Morgan fingerprint density at radius 1 is 0.677 bits per heavy atom. The van der Waals surface area contributed by atoms with Gasteiger partial charge < -0.3 is 10.6 Å². The fourth-order valence-corrected chi connectivity index (χ4v) is 3.22. The molecule has 0 aliphatic carbocycles. The summed E-state index contributed by atoms with van der Waals surface area (Å²) in [4.78, 5) is 19.7. The summed E-state index contributed by atoms with van der Waals surface area (Å²) in [5, 5.41) is 3.31. The minimum atomic E-state index is -4.62. The fraction of sp³-hybridized carbons (Fsp3) is 0.176. The predicted molar refractivity (Wildman–Crippen MR) is 107 cm³/mol. The van der Waals surface area contributed by atoms with Gasteiger partial charge in [-0.3, -0.25) is 18.7 Å². The molecule has 0 saturated heterocycles. The van der Waals surface area contributed by atoms with Crippen molar-refractivity contribution in [1.29, 1.82) is 0 Å². The highest BCUT2D eigenvalue weighted by Crippen LogP contribution is 2.02. The Bertz CT molecular complexity index is 930. The van der Waals surface area contributed by atoms with Gasteiger partial charge in [-0.25, -0.2) is 8.78 Å². The van der Waals surface area contributed by atoms with E-state index in [4.69, 9.17) is 9.11 Å². The van der Waals surface area contributed by atoms with Gasteiger partial charge in [0.2, 0.25) is 17.9 Å². The van der Waals surface area contributed by atoms with Crippen molar-refractivity contribution in [3.05, 3.63) is 71.3 Å². The molecule has 0 fully saturated rings. The van der Waals surface area contributed by atoms with Gasteiger partial charge in [0.05, 0.1) is 0 Å². The van der Waals surface area contributed by atoms with Crippen LogP contribution in [0.5, 0.6) is 0 Å². The van der Waals surface area contributed by atoms with E-state index < -0.39 is 25.3 Å². The third-order valence-electron chi connectivity index (χ3n) is 2.90. The van der Waals surface area contributed by atoms with Crippen LogP contribution in [0.4, 0.5) is 8.78 Å². The molecule has 172 valence electrons. The van der Waals surface area contributed by atoms with Crippen LogP contribution in [-0.2, 0) is 42.9 Å². The van der Waals surface area contributed by atoms with Crippen LogP contribution in [0.3, 0.4) is 0 Å². The van der Waals surface area contributed by atoms with Gasteiger partial charge in [0, 0.05) is 13.1 Å². The molecule has 0 aliphatic rings. The maximum atomic E-state index is 12.3. The smallest absolute Gasteiger partial charge is 0.281 e. The Balaban J connectivity index is 0.000000439. The first-order valence-corrected chi connectivity index (χ1v) is 11.3. The summed E-state index contributed by atoms with van der Waals surface area (Å²) in [5.74, 6) is -0.528. The molecule has 2 aromatic carbocycles. The lowest BCUT2D eigenvalue weighted by molar-refractivity contribution is -0.110. The summed E-state index contributed by atoms with van der Waals surface area (Å²) in [6.07, 6.45) is 1.23. The third kappa shape index (κ3) is 17.6. The van der Waals surface area contributed by atoms with Gasteiger partial charge in [-0.05, 0) is 35.4 Å². The average Bonchev–Trinajstić information content (AvgIpc) is 2.65. The van der Waals surface area contributed by atoms with Crippen molar-refractivity contribution in [2.75, 3.05) is 5.08 Å². The normalized spacial score (nSPS) is 10.5. The molecular weight excluding hydrogens is 462 g/mol. The SMILES string of the molecule is O=CNCc1ccc(F)cc1.O=CNCc1ccc(F)cc1.O=S(=O)(O)CS(=O)(=O)O. The highest BCUT2D eigenvalue weighted by molar-refractivity contribution is 8.02. The van der Waals surface area contributed by atoms with Crippen molar-refractivity contribution < 1.29 is 44.3 Å². The number of rotatable bonds is 8. The monoisotopic (exact) mass is 482 g/mol. The van der Waals surface area contributed by atoms with E-state index in [1.54, 1.807) is 24.3 Å². The molecule has 0 unspecified atom stereocenters. The lowest BCUT2D eigenvalue weighted by Crippen LogP contribution is -2.13. The molecule has 0 heterocycles. The fourth-order valence-electron chi connectivity index (χ4n) is 1.71. The Hall–Kier alpha value is -2.94. The third-order valence-corrected chi connectivity index (χ3v) is 5.29. The zero-order valence-corrected chi connectivity index (χ0v) is 17.4. The number of nitrogens with one attached hydrogen (secondary N) is 2. The van der Waals surface area contributed by atoms with E-state index in [0.29, 0.717) is 25.9 Å². The number of carbonyl (C=O) groups is 2. The van der Waals surface area contributed by atoms with Crippen LogP contribution in [-0.4, -0.2) is 43.8 Å². The lowest BCUT2D eigenvalue weighted by atomic mass is 10.2. The molecule has 0 bridgehead atoms. The van der Waals surface area contributed by atoms with Crippen LogP contribution in [0.1, 0.15) is 11.1 Å². The summed E-state index contributed by atoms with van der Waals surface area (Å²) >= 11 is 0. The van der Waals surface area contributed by atoms with Gasteiger partial charge in [-0.15, -0.1) is 0 Å². The Kier molecular flexibility index (Phi) is 12.8. The molecule has 0 saturated carbocycles. The Labute approximate surface area is 177 Å². The van der Waals surface area contributed by atoms with E-state index in [2.05, 4.69) is 10.6 Å². The number of benzene rings is 2. The van der Waals surface area contributed by atoms with Crippen molar-refractivity contribution in [3.8, 4) is 0 Å². The lowest BCUT2D eigenvalue weighted by Gasteiger charge is -1.97. The first-order chi connectivity index (χ1) is 14.4. The number of carbonyl (C=O) groups excluding carboxylic acids is 2. The summed E-state index contributed by atoms with van der Waals surface area (Å²) in [6.45, 7) is 0.896. The number of hydrogen-bond acceptors (Lipinski definition) is 6. The zero-order chi connectivity index (χ0) is 23.9. The number of halogens is 2. The van der Waals surface area contributed by atoms with Crippen LogP contribution in [0.25, 0.3) is 0 Å². The molecule has 2 amide bonds. The summed E-state index contributed by atoms with van der Waals surface area (Å²) < 4.78 is 78.9. The molecule has 31 heavy (non-hydrogen) atoms. The first kappa shape index (κ1) is 28.1. The Morgan fingerprint density at radius 3 is 1.16 bits per heavy atom. The van der Waals surface area contributed by atoms with Crippen molar-refractivity contribution >= 4 is 33.1 Å². The molecule has 4 N–H and O–H groups in total. The second-order valence-corrected chi connectivity index (χ2v) is 8.80. The molecule has 0 radical (unpaired) electrons. The molecule has 2 rings (SSSR count). The van der Waals surface area contributed by atoms with E-state index >= 15 is 0 Å². The van der Waals surface area contributed by atoms with Gasteiger partial charge in [0.15, 0.2) is 0 Å². The van der Waals surface area contributed by atoms with E-state index in [9.17, 15) is 35.2 Å². The standard InChI is InChI=1S/2C8H8FNO.CH4O6S2/c2*9-8-3-1-7(2-4-8)5-10-6-11;2-8(3,4)1-9(5,6)7/h2*1-4,6H,5H2,(H,10,11);1H2,(H,2,3,4)(H,5,6,7). The summed E-state index contributed by atoms with van der Waals surface area (Å²) in [5.41, 5.74) is 1.78. The molecule has 14 heteroatoms. The molecule has 10 nitrogen and oxygen atoms in total. The maximum Gasteiger partial charge on any atom is 0.281 e. The van der Waals surface area contributed by atoms with Crippen LogP contribution >= 0.6 is 0 Å². The van der Waals surface area contributed by atoms with Crippen LogP contribution < -0.4 is 10.6 Å². The summed E-state index contributed by atoms with van der Waals surface area (Å²) in [6, 6.07) is 12.0. The predicted octanol–water partition coefficient (Wildman–Crippen LogP) is 0.863. The van der Waals surface area contributed by atoms with Crippen LogP contribution in [0.15, 0.2) is 48.5 Å². The minimum absolute atomic E-state index is 0.264. The van der Waals surface area contributed by atoms with Gasteiger partial charge in [0.25, 0.3) is 20.2 Å². The van der Waals surface area contributed by atoms with E-state index in [1.807, 2.05) is 0 Å². The Morgan fingerprint density at radius 2 is 0.968 bits per heavy atom. The van der Waals surface area contributed by atoms with Gasteiger partial charge in [-0.1, -0.05) is 24.3 Å². The molecule has 0 aromatic heterocycles. The second-order valence-electron chi connectivity index (χ2n) is 5.53. The second kappa shape index (κ2) is 14.1. The minimum Gasteiger partial charge on any atom is -0.355 e. The topological polar surface area (TPSA) is 167 Å². The maximum absolute atomic E-state index is 12.3. The van der Waals surface area contributed by atoms with Crippen molar-refractivity contribution in [2.24, 2.45) is 0 Å². The van der Waals surface area contributed by atoms with Crippen molar-refractivity contribution in [2.45, 2.75) is 13.1 Å². The van der Waals surface area contributed by atoms with Crippen LogP contribution in [0.2, 0.25) is 0 Å². The molecule has 2 aromatic rings. The van der Waals surface area contributed by atoms with E-state index in [1.165, 1.54) is 24.3 Å². The van der Waals surface area contributed by atoms with Crippen molar-refractivity contribution in [3.63, 3.8) is 0 Å². The highest BCUT2D eigenvalue weighted by Gasteiger charge is 2.15. The van der Waals surface area contributed by atoms with Gasteiger partial charge in [0.1, 0.15) is 11.6 Å². The highest BCUT2D eigenvalue weighted by atomic mass is 32.3. The van der Waals surface area contributed by atoms with Crippen molar-refractivity contribution in [1.82, 2.24) is 10.6 Å². The van der Waals surface area contributed by atoms with Gasteiger partial charge >= 0.3 is 0 Å². The van der Waals surface area contributed by atoms with E-state index in [0.717, 1.165) is 11.1 Å². The summed E-state index contributed by atoms with van der Waals surface area (Å²) in [7, 11) is -9.24. The van der Waals surface area contributed by atoms with Gasteiger partial charge in [-0.2, -0.15) is 16.8 Å². The molecule has 0 atom stereocenters. The number of amides is 2.